The molecule has 0 aliphatic rings. The van der Waals surface area contributed by atoms with Gasteiger partial charge in [-0.2, -0.15) is 0 Å². The third-order valence-electron chi connectivity index (χ3n) is 3.94. The summed E-state index contributed by atoms with van der Waals surface area (Å²) in [5.74, 6) is -0.828. The van der Waals surface area contributed by atoms with Crippen LogP contribution in [-0.4, -0.2) is 32.4 Å². The second kappa shape index (κ2) is 9.30. The Hall–Kier alpha value is -2.55. The van der Waals surface area contributed by atoms with Crippen LogP contribution >= 0.6 is 35.0 Å². The van der Waals surface area contributed by atoms with E-state index in [0.717, 1.165) is 0 Å². The molecule has 29 heavy (non-hydrogen) atoms. The van der Waals surface area contributed by atoms with Crippen LogP contribution in [0.2, 0.25) is 10.0 Å². The molecule has 0 spiro atoms. The molecule has 0 fully saturated rings. The van der Waals surface area contributed by atoms with Gasteiger partial charge in [0.1, 0.15) is 0 Å². The van der Waals surface area contributed by atoms with Crippen molar-refractivity contribution < 1.29 is 14.7 Å². The maximum Gasteiger partial charge on any atom is 0.234 e. The van der Waals surface area contributed by atoms with E-state index in [2.05, 4.69) is 15.5 Å². The Kier molecular flexibility index (Phi) is 6.79. The maximum atomic E-state index is 12.2. The quantitative estimate of drug-likeness (QED) is 0.554. The van der Waals surface area contributed by atoms with E-state index in [4.69, 9.17) is 23.2 Å². The highest BCUT2D eigenvalue weighted by molar-refractivity contribution is 7.99. The lowest BCUT2D eigenvalue weighted by Crippen LogP contribution is -2.22. The van der Waals surface area contributed by atoms with E-state index in [0.29, 0.717) is 38.8 Å². The second-order valence-corrected chi connectivity index (χ2v) is 7.66. The summed E-state index contributed by atoms with van der Waals surface area (Å²) in [7, 11) is 0. The van der Waals surface area contributed by atoms with Crippen molar-refractivity contribution in [1.29, 1.82) is 0 Å². The molecule has 150 valence electrons. The zero-order valence-corrected chi connectivity index (χ0v) is 17.5. The monoisotopic (exact) mass is 449 g/mol. The molecular formula is C19H15Cl2N4O3S-. The lowest BCUT2D eigenvalue weighted by atomic mass is 10.2. The third kappa shape index (κ3) is 5.09. The van der Waals surface area contributed by atoms with Gasteiger partial charge in [-0.05, 0) is 42.8 Å². The van der Waals surface area contributed by atoms with Crippen LogP contribution in [0.1, 0.15) is 17.3 Å². The number of rotatable bonds is 7. The summed E-state index contributed by atoms with van der Waals surface area (Å²) in [6.45, 7) is 2.54. The number of hydrogen-bond acceptors (Lipinski definition) is 6. The predicted molar refractivity (Wildman–Crippen MR) is 111 cm³/mol. The van der Waals surface area contributed by atoms with Crippen LogP contribution in [0.3, 0.4) is 0 Å². The van der Waals surface area contributed by atoms with E-state index in [9.17, 15) is 14.7 Å². The highest BCUT2D eigenvalue weighted by Crippen LogP contribution is 2.31. The molecule has 10 heteroatoms. The minimum atomic E-state index is -1.27. The molecule has 0 radical (unpaired) electrons. The molecule has 0 saturated heterocycles. The van der Waals surface area contributed by atoms with Crippen molar-refractivity contribution in [2.24, 2.45) is 0 Å². The lowest BCUT2D eigenvalue weighted by molar-refractivity contribution is -0.255. The van der Waals surface area contributed by atoms with Crippen LogP contribution in [-0.2, 0) is 11.3 Å². The number of anilines is 1. The minimum absolute atomic E-state index is 0.0433. The topological polar surface area (TPSA) is 99.9 Å². The summed E-state index contributed by atoms with van der Waals surface area (Å²) in [5, 5.41) is 23.4. The molecule has 7 nitrogen and oxygen atoms in total. The van der Waals surface area contributed by atoms with Crippen molar-refractivity contribution in [3.8, 4) is 11.4 Å². The Morgan fingerprint density at radius 3 is 2.48 bits per heavy atom. The molecular weight excluding hydrogens is 435 g/mol. The summed E-state index contributed by atoms with van der Waals surface area (Å²) < 4.78 is 1.86. The first-order valence-corrected chi connectivity index (χ1v) is 10.3. The van der Waals surface area contributed by atoms with Gasteiger partial charge in [0, 0.05) is 22.8 Å². The Morgan fingerprint density at radius 2 is 1.86 bits per heavy atom. The highest BCUT2D eigenvalue weighted by Gasteiger charge is 2.17. The van der Waals surface area contributed by atoms with E-state index < -0.39 is 5.97 Å². The van der Waals surface area contributed by atoms with Crippen molar-refractivity contribution in [1.82, 2.24) is 14.8 Å². The van der Waals surface area contributed by atoms with Crippen LogP contribution in [0.5, 0.6) is 0 Å². The van der Waals surface area contributed by atoms with Gasteiger partial charge < -0.3 is 19.8 Å². The average molecular weight is 450 g/mol. The number of aromatic nitrogens is 3. The third-order valence-corrected chi connectivity index (χ3v) is 5.46. The first kappa shape index (κ1) is 21.2. The van der Waals surface area contributed by atoms with Crippen molar-refractivity contribution in [3.05, 3.63) is 58.1 Å². The van der Waals surface area contributed by atoms with Gasteiger partial charge in [0.2, 0.25) is 5.91 Å². The van der Waals surface area contributed by atoms with Gasteiger partial charge in [-0.15, -0.1) is 10.2 Å². The molecule has 0 atom stereocenters. The first-order valence-electron chi connectivity index (χ1n) is 8.51. The number of aromatic carboxylic acids is 1. The standard InChI is InChI=1S/C19H16Cl2N4O3S/c1-2-25-17(14-8-5-12(20)9-15(14)21)23-24-19(25)29-10-16(26)22-13-6-3-11(4-7-13)18(27)28/h3-9H,2,10H2,1H3,(H,22,26)(H,27,28)/p-1. The highest BCUT2D eigenvalue weighted by atomic mass is 35.5. The number of carbonyl (C=O) groups excluding carboxylic acids is 2. The predicted octanol–water partition coefficient (Wildman–Crippen LogP) is 3.37. The van der Waals surface area contributed by atoms with Gasteiger partial charge in [0.25, 0.3) is 0 Å². The molecule has 1 amide bonds. The summed E-state index contributed by atoms with van der Waals surface area (Å²) in [6.07, 6.45) is 0. The SMILES string of the molecule is CCn1c(SCC(=O)Nc2ccc(C(=O)[O-])cc2)nnc1-c1ccc(Cl)cc1Cl. The molecule has 1 aromatic heterocycles. The van der Waals surface area contributed by atoms with Crippen LogP contribution in [0.25, 0.3) is 11.4 Å². The van der Waals surface area contributed by atoms with Crippen molar-refractivity contribution in [2.75, 3.05) is 11.1 Å². The fraction of sp³-hybridized carbons (Fsp3) is 0.158. The van der Waals surface area contributed by atoms with E-state index >= 15 is 0 Å². The number of carboxylic acids is 1. The molecule has 0 aliphatic heterocycles. The zero-order valence-electron chi connectivity index (χ0n) is 15.2. The summed E-state index contributed by atoms with van der Waals surface area (Å²) in [6, 6.07) is 10.9. The van der Waals surface area contributed by atoms with E-state index in [1.54, 1.807) is 18.2 Å². The number of halogens is 2. The molecule has 3 rings (SSSR count). The number of amides is 1. The summed E-state index contributed by atoms with van der Waals surface area (Å²) in [4.78, 5) is 23.0. The Labute approximate surface area is 181 Å². The molecule has 1 heterocycles. The average Bonchev–Trinajstić information content (AvgIpc) is 3.09. The number of nitrogens with one attached hydrogen (secondary N) is 1. The second-order valence-electron chi connectivity index (χ2n) is 5.88. The lowest BCUT2D eigenvalue weighted by Gasteiger charge is -2.09. The first-order chi connectivity index (χ1) is 13.9. The van der Waals surface area contributed by atoms with E-state index in [1.807, 2.05) is 11.5 Å². The number of nitrogens with zero attached hydrogens (tertiary/aromatic N) is 3. The fourth-order valence-corrected chi connectivity index (χ4v) is 3.86. The number of carbonyl (C=O) groups is 2. The number of thioether (sulfide) groups is 1. The normalized spacial score (nSPS) is 10.7. The molecule has 3 aromatic rings. The van der Waals surface area contributed by atoms with Gasteiger partial charge in [-0.3, -0.25) is 4.79 Å². The minimum Gasteiger partial charge on any atom is -0.545 e. The number of hydrogen-bond donors (Lipinski definition) is 1. The van der Waals surface area contributed by atoms with Crippen LogP contribution in [0.4, 0.5) is 5.69 Å². The van der Waals surface area contributed by atoms with Crippen molar-refractivity contribution in [3.63, 3.8) is 0 Å². The van der Waals surface area contributed by atoms with Crippen molar-refractivity contribution >= 4 is 52.5 Å². The zero-order chi connectivity index (χ0) is 21.0. The molecule has 1 N–H and O–H groups in total. The Bertz CT molecular complexity index is 1050. The van der Waals surface area contributed by atoms with Gasteiger partial charge in [-0.25, -0.2) is 0 Å². The Balaban J connectivity index is 1.68. The van der Waals surface area contributed by atoms with Crippen LogP contribution < -0.4 is 10.4 Å². The molecule has 2 aromatic carbocycles. The molecule has 0 saturated carbocycles. The van der Waals surface area contributed by atoms with Crippen LogP contribution in [0, 0.1) is 0 Å². The number of benzene rings is 2. The molecule has 0 unspecified atom stereocenters. The smallest absolute Gasteiger partial charge is 0.234 e. The summed E-state index contributed by atoms with van der Waals surface area (Å²) in [5.41, 5.74) is 1.24. The van der Waals surface area contributed by atoms with Gasteiger partial charge in [0.15, 0.2) is 11.0 Å². The van der Waals surface area contributed by atoms with Gasteiger partial charge in [0.05, 0.1) is 16.7 Å². The number of carboxylic acid groups (broad SMARTS) is 1. The molecule has 0 bridgehead atoms. The largest absolute Gasteiger partial charge is 0.545 e. The van der Waals surface area contributed by atoms with Crippen molar-refractivity contribution in [2.45, 2.75) is 18.6 Å². The van der Waals surface area contributed by atoms with Gasteiger partial charge >= 0.3 is 0 Å². The van der Waals surface area contributed by atoms with E-state index in [-0.39, 0.29) is 17.2 Å². The summed E-state index contributed by atoms with van der Waals surface area (Å²) >= 11 is 13.5. The fourth-order valence-electron chi connectivity index (χ4n) is 2.57. The maximum absolute atomic E-state index is 12.2. The van der Waals surface area contributed by atoms with Crippen LogP contribution in [0.15, 0.2) is 47.6 Å². The van der Waals surface area contributed by atoms with E-state index in [1.165, 1.54) is 36.0 Å². The Morgan fingerprint density at radius 1 is 1.14 bits per heavy atom. The molecule has 0 aliphatic carbocycles. The van der Waals surface area contributed by atoms with Gasteiger partial charge in [-0.1, -0.05) is 47.1 Å².